The van der Waals surface area contributed by atoms with Crippen molar-refractivity contribution in [3.63, 3.8) is 0 Å². The van der Waals surface area contributed by atoms with Crippen LogP contribution in [0.15, 0.2) is 0 Å². The van der Waals surface area contributed by atoms with Crippen LogP contribution in [-0.2, 0) is 4.79 Å². The Morgan fingerprint density at radius 2 is 2.14 bits per heavy atom. The van der Waals surface area contributed by atoms with Crippen LogP contribution in [-0.4, -0.2) is 36.5 Å². The van der Waals surface area contributed by atoms with Gasteiger partial charge in [-0.05, 0) is 12.8 Å². The second kappa shape index (κ2) is 6.02. The molecule has 0 atom stereocenters. The van der Waals surface area contributed by atoms with E-state index >= 15 is 0 Å². The fraction of sp³-hybridized carbons (Fsp3) is 0.909. The van der Waals surface area contributed by atoms with Gasteiger partial charge in [0.25, 0.3) is 0 Å². The summed E-state index contributed by atoms with van der Waals surface area (Å²) < 4.78 is 0. The van der Waals surface area contributed by atoms with E-state index in [1.54, 1.807) is 0 Å². The van der Waals surface area contributed by atoms with Crippen molar-refractivity contribution in [1.82, 2.24) is 10.2 Å². The molecule has 0 saturated carbocycles. The summed E-state index contributed by atoms with van der Waals surface area (Å²) in [6, 6.07) is 0.511. The minimum absolute atomic E-state index is 0.341. The highest BCUT2D eigenvalue weighted by molar-refractivity contribution is 5.76. The fourth-order valence-electron chi connectivity index (χ4n) is 1.76. The summed E-state index contributed by atoms with van der Waals surface area (Å²) in [6.07, 6.45) is 4.21. The SMILES string of the molecule is CC(C)NCCN1CCCCCC1=O. The number of hydrogen-bond acceptors (Lipinski definition) is 2. The molecule has 1 amide bonds. The molecule has 1 heterocycles. The molecule has 1 fully saturated rings. The number of carbonyl (C=O) groups excluding carboxylic acids is 1. The number of hydrogen-bond donors (Lipinski definition) is 1. The van der Waals surface area contributed by atoms with E-state index in [-0.39, 0.29) is 0 Å². The first-order chi connectivity index (χ1) is 6.70. The zero-order valence-electron chi connectivity index (χ0n) is 9.38. The molecule has 0 spiro atoms. The number of rotatable bonds is 4. The molecule has 0 aromatic heterocycles. The summed E-state index contributed by atoms with van der Waals surface area (Å²) in [4.78, 5) is 13.6. The Hall–Kier alpha value is -0.570. The number of likely N-dealkylation sites (tertiary alicyclic amines) is 1. The van der Waals surface area contributed by atoms with Gasteiger partial charge in [-0.15, -0.1) is 0 Å². The van der Waals surface area contributed by atoms with Gasteiger partial charge in [0.1, 0.15) is 0 Å². The third-order valence-electron chi connectivity index (χ3n) is 2.61. The van der Waals surface area contributed by atoms with Crippen molar-refractivity contribution in [2.75, 3.05) is 19.6 Å². The lowest BCUT2D eigenvalue weighted by Crippen LogP contribution is -2.38. The number of carbonyl (C=O) groups is 1. The predicted octanol–water partition coefficient (Wildman–Crippen LogP) is 1.39. The Balaban J connectivity index is 2.23. The number of nitrogens with zero attached hydrogens (tertiary/aromatic N) is 1. The maximum atomic E-state index is 11.6. The Kier molecular flexibility index (Phi) is 4.94. The van der Waals surface area contributed by atoms with E-state index in [1.807, 2.05) is 4.90 Å². The van der Waals surface area contributed by atoms with Crippen molar-refractivity contribution in [3.05, 3.63) is 0 Å². The molecule has 0 bridgehead atoms. The van der Waals surface area contributed by atoms with Crippen molar-refractivity contribution >= 4 is 5.91 Å². The first-order valence-electron chi connectivity index (χ1n) is 5.71. The quantitative estimate of drug-likeness (QED) is 0.740. The first-order valence-corrected chi connectivity index (χ1v) is 5.71. The number of amides is 1. The Labute approximate surface area is 86.9 Å². The lowest BCUT2D eigenvalue weighted by molar-refractivity contribution is -0.130. The summed E-state index contributed by atoms with van der Waals surface area (Å²) in [6.45, 7) is 7.01. The van der Waals surface area contributed by atoms with Crippen LogP contribution in [0.1, 0.15) is 39.5 Å². The van der Waals surface area contributed by atoms with Crippen LogP contribution in [0.3, 0.4) is 0 Å². The second-order valence-corrected chi connectivity index (χ2v) is 4.30. The minimum Gasteiger partial charge on any atom is -0.341 e. The molecule has 0 aromatic rings. The molecular formula is C11H22N2O. The zero-order valence-corrected chi connectivity index (χ0v) is 9.38. The second-order valence-electron chi connectivity index (χ2n) is 4.30. The molecule has 82 valence electrons. The molecule has 0 aliphatic carbocycles. The topological polar surface area (TPSA) is 32.3 Å². The van der Waals surface area contributed by atoms with Crippen LogP contribution >= 0.6 is 0 Å². The van der Waals surface area contributed by atoms with Crippen molar-refractivity contribution in [3.8, 4) is 0 Å². The monoisotopic (exact) mass is 198 g/mol. The molecule has 1 saturated heterocycles. The average molecular weight is 198 g/mol. The van der Waals surface area contributed by atoms with Gasteiger partial charge in [-0.25, -0.2) is 0 Å². The van der Waals surface area contributed by atoms with Gasteiger partial charge in [-0.1, -0.05) is 20.3 Å². The molecule has 0 radical (unpaired) electrons. The molecule has 1 N–H and O–H groups in total. The van der Waals surface area contributed by atoms with E-state index in [0.717, 1.165) is 32.5 Å². The molecule has 1 rings (SSSR count). The molecular weight excluding hydrogens is 176 g/mol. The highest BCUT2D eigenvalue weighted by Crippen LogP contribution is 2.10. The van der Waals surface area contributed by atoms with Crippen LogP contribution < -0.4 is 5.32 Å². The Morgan fingerprint density at radius 1 is 1.36 bits per heavy atom. The summed E-state index contributed by atoms with van der Waals surface area (Å²) in [5.74, 6) is 0.341. The first kappa shape index (κ1) is 11.5. The molecule has 1 aliphatic rings. The normalized spacial score (nSPS) is 18.8. The van der Waals surface area contributed by atoms with Gasteiger partial charge in [0, 0.05) is 32.1 Å². The van der Waals surface area contributed by atoms with E-state index < -0.39 is 0 Å². The minimum atomic E-state index is 0.341. The van der Waals surface area contributed by atoms with E-state index in [9.17, 15) is 4.79 Å². The fourth-order valence-corrected chi connectivity index (χ4v) is 1.76. The van der Waals surface area contributed by atoms with Crippen LogP contribution in [0.25, 0.3) is 0 Å². The van der Waals surface area contributed by atoms with Gasteiger partial charge in [0.05, 0.1) is 0 Å². The summed E-state index contributed by atoms with van der Waals surface area (Å²) in [5.41, 5.74) is 0. The van der Waals surface area contributed by atoms with Crippen LogP contribution in [0.4, 0.5) is 0 Å². The lowest BCUT2D eigenvalue weighted by Gasteiger charge is -2.21. The third kappa shape index (κ3) is 4.09. The zero-order chi connectivity index (χ0) is 10.4. The van der Waals surface area contributed by atoms with Crippen LogP contribution in [0.5, 0.6) is 0 Å². The lowest BCUT2D eigenvalue weighted by atomic mass is 10.2. The van der Waals surface area contributed by atoms with Crippen molar-refractivity contribution in [2.45, 2.75) is 45.6 Å². The van der Waals surface area contributed by atoms with Gasteiger partial charge in [0.15, 0.2) is 0 Å². The highest BCUT2D eigenvalue weighted by atomic mass is 16.2. The largest absolute Gasteiger partial charge is 0.341 e. The Morgan fingerprint density at radius 3 is 2.86 bits per heavy atom. The third-order valence-corrected chi connectivity index (χ3v) is 2.61. The molecule has 0 aromatic carbocycles. The Bertz CT molecular complexity index is 180. The molecule has 3 nitrogen and oxygen atoms in total. The highest BCUT2D eigenvalue weighted by Gasteiger charge is 2.15. The van der Waals surface area contributed by atoms with E-state index in [1.165, 1.54) is 12.8 Å². The number of nitrogens with one attached hydrogen (secondary N) is 1. The average Bonchev–Trinajstić information content (AvgIpc) is 2.31. The smallest absolute Gasteiger partial charge is 0.222 e. The van der Waals surface area contributed by atoms with Gasteiger partial charge < -0.3 is 10.2 Å². The maximum absolute atomic E-state index is 11.6. The van der Waals surface area contributed by atoms with Gasteiger partial charge in [-0.2, -0.15) is 0 Å². The molecule has 14 heavy (non-hydrogen) atoms. The standard InChI is InChI=1S/C11H22N2O/c1-10(2)12-7-9-13-8-5-3-4-6-11(13)14/h10,12H,3-9H2,1-2H3. The maximum Gasteiger partial charge on any atom is 0.222 e. The van der Waals surface area contributed by atoms with Crippen LogP contribution in [0, 0.1) is 0 Å². The van der Waals surface area contributed by atoms with Gasteiger partial charge >= 0.3 is 0 Å². The summed E-state index contributed by atoms with van der Waals surface area (Å²) in [5, 5.41) is 3.34. The van der Waals surface area contributed by atoms with Crippen LogP contribution in [0.2, 0.25) is 0 Å². The van der Waals surface area contributed by atoms with Crippen molar-refractivity contribution in [1.29, 1.82) is 0 Å². The summed E-state index contributed by atoms with van der Waals surface area (Å²) in [7, 11) is 0. The molecule has 1 aliphatic heterocycles. The van der Waals surface area contributed by atoms with E-state index in [0.29, 0.717) is 11.9 Å². The van der Waals surface area contributed by atoms with Gasteiger partial charge in [-0.3, -0.25) is 4.79 Å². The van der Waals surface area contributed by atoms with Gasteiger partial charge in [0.2, 0.25) is 5.91 Å². The summed E-state index contributed by atoms with van der Waals surface area (Å²) >= 11 is 0. The van der Waals surface area contributed by atoms with Crippen molar-refractivity contribution in [2.24, 2.45) is 0 Å². The predicted molar refractivity (Wildman–Crippen MR) is 58.2 cm³/mol. The van der Waals surface area contributed by atoms with Crippen molar-refractivity contribution < 1.29 is 4.79 Å². The molecule has 3 heteroatoms. The van der Waals surface area contributed by atoms with E-state index in [4.69, 9.17) is 0 Å². The van der Waals surface area contributed by atoms with E-state index in [2.05, 4.69) is 19.2 Å². The molecule has 0 unspecified atom stereocenters.